The summed E-state index contributed by atoms with van der Waals surface area (Å²) in [6.07, 6.45) is 0. The molecule has 0 saturated heterocycles. The van der Waals surface area contributed by atoms with Gasteiger partial charge in [0.2, 0.25) is 0 Å². The van der Waals surface area contributed by atoms with Crippen LogP contribution in [-0.4, -0.2) is 9.13 Å². The summed E-state index contributed by atoms with van der Waals surface area (Å²) in [5.74, 6) is 0. The molecule has 1 aliphatic carbocycles. The van der Waals surface area contributed by atoms with Gasteiger partial charge in [-0.15, -0.1) is 11.3 Å². The van der Waals surface area contributed by atoms with Crippen molar-refractivity contribution in [3.8, 4) is 22.5 Å². The average Bonchev–Trinajstić information content (AvgIpc) is 4.01. The Morgan fingerprint density at radius 3 is 1.70 bits per heavy atom. The number of anilines is 3. The van der Waals surface area contributed by atoms with E-state index in [1.165, 1.54) is 86.0 Å². The van der Waals surface area contributed by atoms with Crippen LogP contribution >= 0.6 is 11.3 Å². The molecule has 0 bridgehead atoms. The smallest absolute Gasteiger partial charge is 0.0548 e. The SMILES string of the molecule is CC1(C)c2ccccc2-c2ccc(N(c3ccc(-n4c5ccccc5c5cc6sc7ccccc7c6cc54)cc3)c3ccc4c(c3)c3ccccc3n4-c3ccccc3)cc21. The van der Waals surface area contributed by atoms with Crippen LogP contribution in [0.2, 0.25) is 0 Å². The van der Waals surface area contributed by atoms with Gasteiger partial charge in [0.25, 0.3) is 0 Å². The van der Waals surface area contributed by atoms with Gasteiger partial charge in [0.1, 0.15) is 0 Å². The molecule has 0 radical (unpaired) electrons. The van der Waals surface area contributed by atoms with Crippen molar-refractivity contribution in [3.63, 3.8) is 0 Å². The molecular weight excluding hydrogens is 759 g/mol. The molecule has 9 aromatic carbocycles. The molecule has 13 rings (SSSR count). The van der Waals surface area contributed by atoms with Gasteiger partial charge in [-0.25, -0.2) is 0 Å². The summed E-state index contributed by atoms with van der Waals surface area (Å²) in [6, 6.07) is 74.1. The number of hydrogen-bond donors (Lipinski definition) is 0. The topological polar surface area (TPSA) is 13.1 Å². The Hall–Kier alpha value is -7.40. The highest BCUT2D eigenvalue weighted by Crippen LogP contribution is 2.51. The van der Waals surface area contributed by atoms with Gasteiger partial charge in [0.05, 0.1) is 22.1 Å². The molecular formula is C57H39N3S. The van der Waals surface area contributed by atoms with Crippen molar-refractivity contribution in [1.29, 1.82) is 0 Å². The highest BCUT2D eigenvalue weighted by Gasteiger charge is 2.36. The molecule has 0 atom stereocenters. The Morgan fingerprint density at radius 2 is 0.918 bits per heavy atom. The highest BCUT2D eigenvalue weighted by atomic mass is 32.1. The van der Waals surface area contributed by atoms with Gasteiger partial charge in [-0.1, -0.05) is 117 Å². The van der Waals surface area contributed by atoms with Crippen LogP contribution in [0, 0.1) is 0 Å². The van der Waals surface area contributed by atoms with E-state index < -0.39 is 0 Å². The number of nitrogens with zero attached hydrogens (tertiary/aromatic N) is 3. The molecule has 61 heavy (non-hydrogen) atoms. The van der Waals surface area contributed by atoms with Crippen molar-refractivity contribution in [1.82, 2.24) is 9.13 Å². The first kappa shape index (κ1) is 34.5. The van der Waals surface area contributed by atoms with Crippen molar-refractivity contribution in [2.75, 3.05) is 4.90 Å². The number of aromatic nitrogens is 2. The quantitative estimate of drug-likeness (QED) is 0.169. The van der Waals surface area contributed by atoms with E-state index >= 15 is 0 Å². The normalized spacial score (nSPS) is 13.2. The lowest BCUT2D eigenvalue weighted by Gasteiger charge is -2.28. The Labute approximate surface area is 357 Å². The van der Waals surface area contributed by atoms with Crippen LogP contribution in [-0.2, 0) is 5.41 Å². The zero-order valence-electron chi connectivity index (χ0n) is 33.8. The second kappa shape index (κ2) is 12.8. The number of benzene rings is 9. The van der Waals surface area contributed by atoms with E-state index in [9.17, 15) is 0 Å². The number of para-hydroxylation sites is 3. The Kier molecular flexibility index (Phi) is 7.23. The molecule has 0 unspecified atom stereocenters. The maximum atomic E-state index is 2.45. The summed E-state index contributed by atoms with van der Waals surface area (Å²) in [5, 5.41) is 7.65. The van der Waals surface area contributed by atoms with Crippen molar-refractivity contribution in [2.24, 2.45) is 0 Å². The van der Waals surface area contributed by atoms with Crippen LogP contribution in [0.15, 0.2) is 200 Å². The van der Waals surface area contributed by atoms with E-state index in [1.807, 2.05) is 11.3 Å². The number of rotatable bonds is 5. The average molecular weight is 798 g/mol. The molecule has 0 saturated carbocycles. The summed E-state index contributed by atoms with van der Waals surface area (Å²) in [4.78, 5) is 2.45. The minimum absolute atomic E-state index is 0.125. The molecule has 0 amide bonds. The summed E-state index contributed by atoms with van der Waals surface area (Å²) in [7, 11) is 0. The second-order valence-electron chi connectivity index (χ2n) is 17.0. The van der Waals surface area contributed by atoms with Gasteiger partial charge >= 0.3 is 0 Å². The highest BCUT2D eigenvalue weighted by molar-refractivity contribution is 7.25. The van der Waals surface area contributed by atoms with Crippen molar-refractivity contribution < 1.29 is 0 Å². The van der Waals surface area contributed by atoms with Crippen LogP contribution in [0.5, 0.6) is 0 Å². The van der Waals surface area contributed by atoms with Crippen molar-refractivity contribution in [2.45, 2.75) is 19.3 Å². The summed E-state index contributed by atoms with van der Waals surface area (Å²) >= 11 is 1.88. The van der Waals surface area contributed by atoms with E-state index in [1.54, 1.807) is 0 Å². The van der Waals surface area contributed by atoms with Crippen LogP contribution in [0.3, 0.4) is 0 Å². The second-order valence-corrected chi connectivity index (χ2v) is 18.0. The third-order valence-corrected chi connectivity index (χ3v) is 14.4. The van der Waals surface area contributed by atoms with Crippen LogP contribution in [0.4, 0.5) is 17.1 Å². The van der Waals surface area contributed by atoms with E-state index in [0.29, 0.717) is 0 Å². The lowest BCUT2D eigenvalue weighted by Crippen LogP contribution is -2.16. The molecule has 4 heteroatoms. The zero-order valence-corrected chi connectivity index (χ0v) is 34.6. The molecule has 1 aliphatic rings. The van der Waals surface area contributed by atoms with Gasteiger partial charge in [-0.2, -0.15) is 0 Å². The predicted molar refractivity (Wildman–Crippen MR) is 260 cm³/mol. The van der Waals surface area contributed by atoms with E-state index in [4.69, 9.17) is 0 Å². The summed E-state index contributed by atoms with van der Waals surface area (Å²) in [6.45, 7) is 4.73. The van der Waals surface area contributed by atoms with E-state index in [2.05, 4.69) is 228 Å². The number of hydrogen-bond acceptors (Lipinski definition) is 2. The van der Waals surface area contributed by atoms with Gasteiger partial charge in [0.15, 0.2) is 0 Å². The first-order valence-corrected chi connectivity index (χ1v) is 21.9. The van der Waals surface area contributed by atoms with Gasteiger partial charge in [-0.3, -0.25) is 0 Å². The standard InChI is InChI=1S/C57H39N3S/c1-57(2)49-20-10-6-16-41(49)42-30-28-40(33-50(42)57)58(39-29-31-53-46(32-39)43-17-7-11-21-51(43)59(53)36-14-4-3-5-15-36)37-24-26-38(27-25-37)60-52-22-12-8-18-44(52)47-35-56-48(34-54(47)60)45-19-9-13-23-55(45)61-56/h3-35H,1-2H3. The fourth-order valence-corrected chi connectivity index (χ4v) is 11.6. The maximum Gasteiger partial charge on any atom is 0.0548 e. The lowest BCUT2D eigenvalue weighted by molar-refractivity contribution is 0.660. The van der Waals surface area contributed by atoms with Crippen molar-refractivity contribution in [3.05, 3.63) is 211 Å². The number of thiophene rings is 1. The Bertz CT molecular complexity index is 3730. The maximum absolute atomic E-state index is 2.45. The van der Waals surface area contributed by atoms with Crippen LogP contribution in [0.25, 0.3) is 86.3 Å². The van der Waals surface area contributed by atoms with Gasteiger partial charge < -0.3 is 14.0 Å². The van der Waals surface area contributed by atoms with E-state index in [0.717, 1.165) is 28.4 Å². The van der Waals surface area contributed by atoms with Crippen molar-refractivity contribution >= 4 is 92.2 Å². The fraction of sp³-hybridized carbons (Fsp3) is 0.0526. The minimum Gasteiger partial charge on any atom is -0.310 e. The lowest BCUT2D eigenvalue weighted by atomic mass is 9.82. The molecule has 0 spiro atoms. The minimum atomic E-state index is -0.125. The molecule has 288 valence electrons. The molecule has 3 nitrogen and oxygen atoms in total. The molecule has 0 aliphatic heterocycles. The first-order chi connectivity index (χ1) is 30.0. The van der Waals surface area contributed by atoms with Crippen LogP contribution in [0.1, 0.15) is 25.0 Å². The van der Waals surface area contributed by atoms with Gasteiger partial charge in [-0.05, 0) is 119 Å². The van der Waals surface area contributed by atoms with Gasteiger partial charge in [0, 0.05) is 75.6 Å². The van der Waals surface area contributed by atoms with Crippen LogP contribution < -0.4 is 4.90 Å². The first-order valence-electron chi connectivity index (χ1n) is 21.1. The third kappa shape index (κ3) is 4.97. The zero-order chi connectivity index (χ0) is 40.4. The fourth-order valence-electron chi connectivity index (χ4n) is 10.4. The molecule has 12 aromatic rings. The van der Waals surface area contributed by atoms with E-state index in [-0.39, 0.29) is 5.41 Å². The monoisotopic (exact) mass is 797 g/mol. The Morgan fingerprint density at radius 1 is 0.361 bits per heavy atom. The molecule has 0 N–H and O–H groups in total. The summed E-state index contributed by atoms with van der Waals surface area (Å²) in [5.41, 5.74) is 15.8. The number of fused-ring (bicyclic) bond motifs is 12. The summed E-state index contributed by atoms with van der Waals surface area (Å²) < 4.78 is 7.49. The third-order valence-electron chi connectivity index (χ3n) is 13.3. The Balaban J connectivity index is 1.01. The predicted octanol–water partition coefficient (Wildman–Crippen LogP) is 16.0. The molecule has 0 fully saturated rings. The largest absolute Gasteiger partial charge is 0.310 e. The molecule has 3 aromatic heterocycles. The molecule has 3 heterocycles.